The molecule has 0 spiro atoms. The molecule has 0 atom stereocenters. The second-order valence-corrected chi connectivity index (χ2v) is 9.86. The van der Waals surface area contributed by atoms with E-state index in [4.69, 9.17) is 21.1 Å². The fourth-order valence-corrected chi connectivity index (χ4v) is 4.29. The van der Waals surface area contributed by atoms with Gasteiger partial charge in [-0.2, -0.15) is 14.6 Å². The molecule has 0 radical (unpaired) electrons. The molecule has 1 amide bonds. The summed E-state index contributed by atoms with van der Waals surface area (Å²) in [5.41, 5.74) is 0.302. The Morgan fingerprint density at radius 1 is 1.23 bits per heavy atom. The fraction of sp³-hybridized carbons (Fsp3) is 0.136. The minimum Gasteiger partial charge on any atom is -0.490 e. The first-order valence-electron chi connectivity index (χ1n) is 9.82. The van der Waals surface area contributed by atoms with Crippen LogP contribution in [0.5, 0.6) is 11.5 Å². The van der Waals surface area contributed by atoms with Crippen LogP contribution < -0.4 is 14.8 Å². The topological polar surface area (TPSA) is 148 Å². The van der Waals surface area contributed by atoms with Crippen molar-refractivity contribution in [3.05, 3.63) is 64.2 Å². The fourth-order valence-electron chi connectivity index (χ4n) is 2.64. The van der Waals surface area contributed by atoms with Crippen LogP contribution in [0.15, 0.2) is 53.2 Å². The summed E-state index contributed by atoms with van der Waals surface area (Å²) in [6, 6.07) is 12.7. The van der Waals surface area contributed by atoms with Crippen LogP contribution in [0, 0.1) is 11.3 Å². The molecule has 0 bridgehead atoms. The van der Waals surface area contributed by atoms with Crippen molar-refractivity contribution < 1.29 is 27.5 Å². The number of sulfone groups is 1. The third-order valence-electron chi connectivity index (χ3n) is 4.20. The van der Waals surface area contributed by atoms with E-state index in [0.717, 1.165) is 6.26 Å². The normalized spacial score (nSPS) is 11.4. The smallest absolute Gasteiger partial charge is 0.345 e. The number of aromatic nitrogens is 2. The molecule has 0 fully saturated rings. The monoisotopic (exact) mass is 532 g/mol. The second-order valence-electron chi connectivity index (χ2n) is 6.79. The van der Waals surface area contributed by atoms with Gasteiger partial charge in [-0.1, -0.05) is 29.8 Å². The van der Waals surface area contributed by atoms with Gasteiger partial charge in [-0.25, -0.2) is 13.2 Å². The first kappa shape index (κ1) is 25.8. The average molecular weight is 533 g/mol. The first-order chi connectivity index (χ1) is 16.6. The number of hydrogen-bond acceptors (Lipinski definition) is 10. The summed E-state index contributed by atoms with van der Waals surface area (Å²) in [6.07, 6.45) is 2.22. The maximum atomic E-state index is 12.5. The number of carbonyl (C=O) groups is 2. The van der Waals surface area contributed by atoms with Crippen molar-refractivity contribution >= 4 is 56.1 Å². The molecule has 0 aliphatic carbocycles. The molecule has 10 nitrogen and oxygen atoms in total. The summed E-state index contributed by atoms with van der Waals surface area (Å²) in [6.45, 7) is 2.00. The van der Waals surface area contributed by atoms with Gasteiger partial charge in [0.2, 0.25) is 15.0 Å². The molecular formula is C22H17ClN4O6S2. The van der Waals surface area contributed by atoms with Crippen LogP contribution in [0.25, 0.3) is 6.08 Å². The molecule has 0 saturated heterocycles. The van der Waals surface area contributed by atoms with E-state index >= 15 is 0 Å². The van der Waals surface area contributed by atoms with Crippen LogP contribution in [0.3, 0.4) is 0 Å². The van der Waals surface area contributed by atoms with E-state index in [2.05, 4.69) is 14.7 Å². The molecule has 2 aromatic carbocycles. The van der Waals surface area contributed by atoms with Crippen LogP contribution in [-0.4, -0.2) is 42.5 Å². The predicted octanol–water partition coefficient (Wildman–Crippen LogP) is 3.76. The number of carbonyl (C=O) groups excluding carboxylic acids is 2. The lowest BCUT2D eigenvalue weighted by Crippen LogP contribution is -2.13. The van der Waals surface area contributed by atoms with Gasteiger partial charge in [0, 0.05) is 17.8 Å². The van der Waals surface area contributed by atoms with E-state index in [1.54, 1.807) is 31.2 Å². The highest BCUT2D eigenvalue weighted by atomic mass is 35.5. The summed E-state index contributed by atoms with van der Waals surface area (Å²) in [5.74, 6) is -1.15. The molecule has 1 N–H and O–H groups in total. The number of esters is 1. The van der Waals surface area contributed by atoms with E-state index < -0.39 is 26.9 Å². The van der Waals surface area contributed by atoms with E-state index in [-0.39, 0.29) is 39.4 Å². The molecular weight excluding hydrogens is 516 g/mol. The lowest BCUT2D eigenvalue weighted by Gasteiger charge is -2.12. The Bertz CT molecular complexity index is 1460. The maximum Gasteiger partial charge on any atom is 0.345 e. The Morgan fingerprint density at radius 3 is 2.60 bits per heavy atom. The van der Waals surface area contributed by atoms with Gasteiger partial charge in [-0.05, 0) is 42.8 Å². The SMILES string of the molecule is CCOc1cc(/C=C(/C#N)C(=O)Nc2nc(S(C)(=O)=O)ns2)ccc1OC(=O)c1ccccc1Cl. The van der Waals surface area contributed by atoms with Crippen LogP contribution in [0.2, 0.25) is 5.02 Å². The van der Waals surface area contributed by atoms with Crippen molar-refractivity contribution in [3.8, 4) is 17.6 Å². The Morgan fingerprint density at radius 2 is 1.97 bits per heavy atom. The van der Waals surface area contributed by atoms with Crippen LogP contribution in [0.1, 0.15) is 22.8 Å². The minimum absolute atomic E-state index is 0.0755. The van der Waals surface area contributed by atoms with Crippen LogP contribution >= 0.6 is 23.1 Å². The molecule has 0 saturated carbocycles. The van der Waals surface area contributed by atoms with Crippen molar-refractivity contribution in [2.75, 3.05) is 18.2 Å². The third-order valence-corrected chi connectivity index (χ3v) is 6.12. The van der Waals surface area contributed by atoms with E-state index in [0.29, 0.717) is 17.1 Å². The Labute approximate surface area is 209 Å². The van der Waals surface area contributed by atoms with Crippen LogP contribution in [-0.2, 0) is 14.6 Å². The van der Waals surface area contributed by atoms with Gasteiger partial charge in [0.15, 0.2) is 11.5 Å². The zero-order valence-corrected chi connectivity index (χ0v) is 20.7. The van der Waals surface area contributed by atoms with E-state index in [9.17, 15) is 23.3 Å². The quantitative estimate of drug-likeness (QED) is 0.198. The number of halogens is 1. The largest absolute Gasteiger partial charge is 0.490 e. The highest BCUT2D eigenvalue weighted by Gasteiger charge is 2.19. The number of rotatable bonds is 8. The van der Waals surface area contributed by atoms with Crippen molar-refractivity contribution in [1.82, 2.24) is 9.36 Å². The molecule has 1 aromatic heterocycles. The standard InChI is InChI=1S/C22H17ClN4O6S2/c1-3-32-18-11-13(8-9-17(18)33-20(29)15-6-4-5-7-16(15)23)10-14(12-24)19(28)25-21-26-22(27-34-21)35(2,30)31/h4-11H,3H2,1-2H3,(H,25,26,27,28)/b14-10-. The second kappa shape index (κ2) is 11.1. The predicted molar refractivity (Wildman–Crippen MR) is 129 cm³/mol. The van der Waals surface area contributed by atoms with E-state index in [1.165, 1.54) is 30.3 Å². The molecule has 0 aliphatic rings. The zero-order valence-electron chi connectivity index (χ0n) is 18.3. The Hall–Kier alpha value is -3.79. The Kier molecular flexibility index (Phi) is 8.18. The summed E-state index contributed by atoms with van der Waals surface area (Å²) in [7, 11) is -3.64. The molecule has 3 rings (SSSR count). The number of nitrogens with one attached hydrogen (secondary N) is 1. The van der Waals surface area contributed by atoms with Crippen LogP contribution in [0.4, 0.5) is 5.13 Å². The summed E-state index contributed by atoms with van der Waals surface area (Å²) in [5, 5.41) is 11.5. The number of ether oxygens (including phenoxy) is 2. The first-order valence-corrected chi connectivity index (χ1v) is 12.9. The average Bonchev–Trinajstić information content (AvgIpc) is 3.28. The van der Waals surface area contributed by atoms with Gasteiger partial charge in [-0.3, -0.25) is 10.1 Å². The van der Waals surface area contributed by atoms with Crippen molar-refractivity contribution in [3.63, 3.8) is 0 Å². The maximum absolute atomic E-state index is 12.5. The zero-order chi connectivity index (χ0) is 25.6. The van der Waals surface area contributed by atoms with Gasteiger partial charge in [-0.15, -0.1) is 0 Å². The number of benzene rings is 2. The minimum atomic E-state index is -3.64. The van der Waals surface area contributed by atoms with Gasteiger partial charge in [0.1, 0.15) is 11.6 Å². The number of anilines is 1. The molecule has 3 aromatic rings. The van der Waals surface area contributed by atoms with Gasteiger partial charge in [0.05, 0.1) is 17.2 Å². The molecule has 35 heavy (non-hydrogen) atoms. The number of hydrogen-bond donors (Lipinski definition) is 1. The van der Waals surface area contributed by atoms with Gasteiger partial charge < -0.3 is 9.47 Å². The number of nitrogens with zero attached hydrogens (tertiary/aromatic N) is 3. The Balaban J connectivity index is 1.83. The van der Waals surface area contributed by atoms with Gasteiger partial charge in [0.25, 0.3) is 11.1 Å². The highest BCUT2D eigenvalue weighted by Crippen LogP contribution is 2.31. The summed E-state index contributed by atoms with van der Waals surface area (Å²) < 4.78 is 37.6. The van der Waals surface area contributed by atoms with Crippen molar-refractivity contribution in [2.24, 2.45) is 0 Å². The van der Waals surface area contributed by atoms with E-state index in [1.807, 2.05) is 0 Å². The molecule has 0 unspecified atom stereocenters. The summed E-state index contributed by atoms with van der Waals surface area (Å²) in [4.78, 5) is 28.7. The molecule has 180 valence electrons. The van der Waals surface area contributed by atoms with Gasteiger partial charge >= 0.3 is 5.97 Å². The lowest BCUT2D eigenvalue weighted by atomic mass is 10.1. The highest BCUT2D eigenvalue weighted by molar-refractivity contribution is 7.90. The molecule has 13 heteroatoms. The number of amides is 1. The lowest BCUT2D eigenvalue weighted by molar-refractivity contribution is -0.112. The summed E-state index contributed by atoms with van der Waals surface area (Å²) >= 11 is 6.72. The van der Waals surface area contributed by atoms with Crippen molar-refractivity contribution in [1.29, 1.82) is 5.26 Å². The van der Waals surface area contributed by atoms with Crippen molar-refractivity contribution in [2.45, 2.75) is 12.1 Å². The third kappa shape index (κ3) is 6.63. The molecule has 0 aliphatic heterocycles. The molecule has 1 heterocycles. The number of nitriles is 1.